The van der Waals surface area contributed by atoms with E-state index in [1.807, 2.05) is 80.3 Å². The summed E-state index contributed by atoms with van der Waals surface area (Å²) in [6.07, 6.45) is 1.70. The van der Waals surface area contributed by atoms with Gasteiger partial charge in [0.25, 0.3) is 0 Å². The van der Waals surface area contributed by atoms with E-state index < -0.39 is 31.1 Å². The molecule has 1 aliphatic heterocycles. The molecule has 4 nitrogen and oxygen atoms in total. The van der Waals surface area contributed by atoms with Gasteiger partial charge in [0.1, 0.15) is 10.8 Å². The smallest absolute Gasteiger partial charge is 0.152 e. The molecule has 1 aliphatic rings. The zero-order valence-electron chi connectivity index (χ0n) is 16.7. The fraction of sp³-hybridized carbons (Fsp3) is 0.391. The first kappa shape index (κ1) is 20.8. The number of hydrogen-bond acceptors (Lipinski definition) is 4. The summed E-state index contributed by atoms with van der Waals surface area (Å²) < 4.78 is 5.78. The molecule has 2 aromatic carbocycles. The summed E-state index contributed by atoms with van der Waals surface area (Å²) in [5, 5.41) is 33.1. The van der Waals surface area contributed by atoms with Crippen molar-refractivity contribution >= 4 is 8.07 Å². The lowest BCUT2D eigenvalue weighted by molar-refractivity contribution is -0.181. The predicted molar refractivity (Wildman–Crippen MR) is 114 cm³/mol. The van der Waals surface area contributed by atoms with Gasteiger partial charge in [0.15, 0.2) is 6.10 Å². The summed E-state index contributed by atoms with van der Waals surface area (Å²) in [6.45, 7) is 5.98. The van der Waals surface area contributed by atoms with Crippen LogP contribution in [-0.4, -0.2) is 46.4 Å². The van der Waals surface area contributed by atoms with Crippen molar-refractivity contribution in [3.63, 3.8) is 0 Å². The van der Waals surface area contributed by atoms with Crippen LogP contribution in [0.4, 0.5) is 0 Å². The molecular formula is C23H30O4Si. The number of hydrogen-bond donors (Lipinski definition) is 3. The molecular weight excluding hydrogens is 368 g/mol. The summed E-state index contributed by atoms with van der Waals surface area (Å²) in [6, 6.07) is 19.2. The van der Waals surface area contributed by atoms with Crippen molar-refractivity contribution < 1.29 is 20.1 Å². The molecule has 2 aromatic rings. The highest BCUT2D eigenvalue weighted by molar-refractivity contribution is 6.79. The van der Waals surface area contributed by atoms with Crippen LogP contribution in [-0.2, 0) is 17.6 Å². The van der Waals surface area contributed by atoms with E-state index in [-0.39, 0.29) is 6.42 Å². The van der Waals surface area contributed by atoms with Gasteiger partial charge in [-0.05, 0) is 17.2 Å². The zero-order valence-corrected chi connectivity index (χ0v) is 17.7. The molecule has 4 atom stereocenters. The van der Waals surface area contributed by atoms with E-state index in [0.29, 0.717) is 6.42 Å². The Labute approximate surface area is 168 Å². The third-order valence-electron chi connectivity index (χ3n) is 5.74. The minimum atomic E-state index is -2.44. The summed E-state index contributed by atoms with van der Waals surface area (Å²) in [4.78, 5) is 0. The van der Waals surface area contributed by atoms with Crippen molar-refractivity contribution in [1.29, 1.82) is 0 Å². The first-order valence-electron chi connectivity index (χ1n) is 9.71. The van der Waals surface area contributed by atoms with E-state index >= 15 is 0 Å². The van der Waals surface area contributed by atoms with Crippen LogP contribution in [0.1, 0.15) is 11.1 Å². The molecule has 1 heterocycles. The average molecular weight is 399 g/mol. The minimum absolute atomic E-state index is 0.253. The quantitative estimate of drug-likeness (QED) is 0.654. The van der Waals surface area contributed by atoms with Crippen molar-refractivity contribution in [2.24, 2.45) is 0 Å². The normalized spacial score (nSPS) is 28.6. The van der Waals surface area contributed by atoms with Crippen LogP contribution in [0.25, 0.3) is 0 Å². The molecule has 0 bridgehead atoms. The molecule has 0 saturated carbocycles. The van der Waals surface area contributed by atoms with Crippen LogP contribution in [0, 0.1) is 0 Å². The summed E-state index contributed by atoms with van der Waals surface area (Å²) in [5.41, 5.74) is 0.349. The maximum Gasteiger partial charge on any atom is 0.152 e. The van der Waals surface area contributed by atoms with Crippen LogP contribution >= 0.6 is 0 Å². The van der Waals surface area contributed by atoms with Crippen LogP contribution in [0.2, 0.25) is 19.6 Å². The van der Waals surface area contributed by atoms with Gasteiger partial charge in [-0.2, -0.15) is 0 Å². The average Bonchev–Trinajstić information content (AvgIpc) is 2.64. The lowest BCUT2D eigenvalue weighted by Crippen LogP contribution is -2.76. The zero-order chi connectivity index (χ0) is 20.4. The summed E-state index contributed by atoms with van der Waals surface area (Å²) in [5.74, 6) is 0. The fourth-order valence-electron chi connectivity index (χ4n) is 4.22. The Bertz CT molecular complexity index is 802. The van der Waals surface area contributed by atoms with Gasteiger partial charge >= 0.3 is 0 Å². The molecule has 1 unspecified atom stereocenters. The van der Waals surface area contributed by atoms with Crippen molar-refractivity contribution in [1.82, 2.24) is 0 Å². The highest BCUT2D eigenvalue weighted by atomic mass is 28.3. The van der Waals surface area contributed by atoms with Gasteiger partial charge in [-0.25, -0.2) is 0 Å². The Kier molecular flexibility index (Phi) is 5.82. The third kappa shape index (κ3) is 3.80. The number of rotatable bonds is 6. The van der Waals surface area contributed by atoms with Crippen LogP contribution in [0.3, 0.4) is 0 Å². The Balaban J connectivity index is 1.97. The Morgan fingerprint density at radius 2 is 1.46 bits per heavy atom. The lowest BCUT2D eigenvalue weighted by Gasteiger charge is -2.55. The summed E-state index contributed by atoms with van der Waals surface area (Å²) >= 11 is 0. The maximum atomic E-state index is 12.0. The standard InChI is InChI=1S/C23H30O4Si/c1-28(2,3)23(26)21(20(24)16-18-10-6-4-7-11-18)27-15-14-22(23,25)17-19-12-8-5-9-13-19/h4-15,20-21,24-26H,16-17H2,1-3H3/t20?,21-,22+,23+/m1/s1. The molecule has 0 saturated heterocycles. The van der Waals surface area contributed by atoms with E-state index in [9.17, 15) is 15.3 Å². The van der Waals surface area contributed by atoms with Gasteiger partial charge in [0.2, 0.25) is 0 Å². The van der Waals surface area contributed by atoms with Gasteiger partial charge in [0, 0.05) is 12.8 Å². The molecule has 150 valence electrons. The van der Waals surface area contributed by atoms with Crippen molar-refractivity contribution in [3.8, 4) is 0 Å². The fourth-order valence-corrected chi connectivity index (χ4v) is 6.80. The van der Waals surface area contributed by atoms with E-state index in [2.05, 4.69) is 0 Å². The van der Waals surface area contributed by atoms with Gasteiger partial charge in [-0.1, -0.05) is 80.3 Å². The number of aliphatic hydroxyl groups is 3. The molecule has 3 rings (SSSR count). The SMILES string of the molecule is C[Si](C)(C)[C@@]1(O)[C@@H](C(O)Cc2ccccc2)OC=C[C@]1(O)Cc1ccccc1. The topological polar surface area (TPSA) is 69.9 Å². The largest absolute Gasteiger partial charge is 0.493 e. The van der Waals surface area contributed by atoms with Crippen LogP contribution in [0.5, 0.6) is 0 Å². The predicted octanol–water partition coefficient (Wildman–Crippen LogP) is 3.08. The lowest BCUT2D eigenvalue weighted by atomic mass is 9.81. The molecule has 0 aromatic heterocycles. The van der Waals surface area contributed by atoms with E-state index in [0.717, 1.165) is 11.1 Å². The Hall–Kier alpha value is -1.92. The monoisotopic (exact) mass is 398 g/mol. The van der Waals surface area contributed by atoms with E-state index in [4.69, 9.17) is 4.74 Å². The highest BCUT2D eigenvalue weighted by Crippen LogP contribution is 2.43. The van der Waals surface area contributed by atoms with Gasteiger partial charge in [-0.15, -0.1) is 0 Å². The van der Waals surface area contributed by atoms with Crippen LogP contribution < -0.4 is 0 Å². The minimum Gasteiger partial charge on any atom is -0.493 e. The number of benzene rings is 2. The molecule has 0 radical (unpaired) electrons. The van der Waals surface area contributed by atoms with Crippen LogP contribution in [0.15, 0.2) is 73.0 Å². The number of ether oxygens (including phenoxy) is 1. The van der Waals surface area contributed by atoms with Crippen molar-refractivity contribution in [2.45, 2.75) is 55.5 Å². The Morgan fingerprint density at radius 1 is 0.929 bits per heavy atom. The van der Waals surface area contributed by atoms with Crippen molar-refractivity contribution in [3.05, 3.63) is 84.1 Å². The molecule has 0 aliphatic carbocycles. The van der Waals surface area contributed by atoms with E-state index in [1.165, 1.54) is 6.26 Å². The first-order chi connectivity index (χ1) is 13.2. The summed E-state index contributed by atoms with van der Waals surface area (Å²) in [7, 11) is -2.44. The first-order valence-corrected chi connectivity index (χ1v) is 13.2. The third-order valence-corrected chi connectivity index (χ3v) is 8.74. The van der Waals surface area contributed by atoms with Gasteiger partial charge in [0.05, 0.1) is 20.4 Å². The maximum absolute atomic E-state index is 12.0. The van der Waals surface area contributed by atoms with Gasteiger partial charge in [-0.3, -0.25) is 0 Å². The Morgan fingerprint density at radius 3 is 2.00 bits per heavy atom. The van der Waals surface area contributed by atoms with Gasteiger partial charge < -0.3 is 20.1 Å². The molecule has 5 heteroatoms. The second-order valence-electron chi connectivity index (χ2n) is 8.72. The molecule has 0 fully saturated rings. The molecule has 3 N–H and O–H groups in total. The van der Waals surface area contributed by atoms with E-state index in [1.54, 1.807) is 6.08 Å². The second-order valence-corrected chi connectivity index (χ2v) is 14.0. The second kappa shape index (κ2) is 7.83. The van der Waals surface area contributed by atoms with Crippen molar-refractivity contribution in [2.75, 3.05) is 0 Å². The molecule has 0 spiro atoms. The highest BCUT2D eigenvalue weighted by Gasteiger charge is 2.64. The number of aliphatic hydroxyl groups excluding tert-OH is 1. The molecule has 28 heavy (non-hydrogen) atoms. The molecule has 0 amide bonds.